The summed E-state index contributed by atoms with van der Waals surface area (Å²) in [5.41, 5.74) is 4.77. The Morgan fingerprint density at radius 1 is 0.674 bits per heavy atom. The Morgan fingerprint density at radius 2 is 1.28 bits per heavy atom. The molecule has 0 saturated carbocycles. The van der Waals surface area contributed by atoms with Gasteiger partial charge in [-0.1, -0.05) is 91.0 Å². The molecular weight excluding hydrogens is 595 g/mol. The second kappa shape index (κ2) is 13.9. The molecule has 0 fully saturated rings. The van der Waals surface area contributed by atoms with E-state index >= 15 is 0 Å². The van der Waals surface area contributed by atoms with E-state index in [-0.39, 0.29) is 24.1 Å². The monoisotopic (exact) mass is 623 g/mol. The van der Waals surface area contributed by atoms with E-state index in [1.807, 2.05) is 78.9 Å². The first-order valence-corrected chi connectivity index (χ1v) is 15.7. The molecule has 46 heavy (non-hydrogen) atoms. The highest BCUT2D eigenvalue weighted by molar-refractivity contribution is 7.99. The number of nitrogens with one attached hydrogen (secondary N) is 2. The average molecular weight is 624 g/mol. The number of anilines is 1. The van der Waals surface area contributed by atoms with Crippen molar-refractivity contribution in [2.24, 2.45) is 0 Å². The number of benzene rings is 5. The maximum Gasteiger partial charge on any atom is 0.272 e. The Labute approximate surface area is 271 Å². The molecule has 5 aromatic rings. The number of hydrogen-bond acceptors (Lipinski definition) is 5. The third-order valence-electron chi connectivity index (χ3n) is 7.41. The Hall–Kier alpha value is -5.73. The zero-order valence-corrected chi connectivity index (χ0v) is 25.5. The topological polar surface area (TPSA) is 95.6 Å². The molecule has 0 aromatic heterocycles. The summed E-state index contributed by atoms with van der Waals surface area (Å²) >= 11 is 1.47. The van der Waals surface area contributed by atoms with Gasteiger partial charge in [-0.2, -0.15) is 0 Å². The lowest BCUT2D eigenvalue weighted by molar-refractivity contribution is -0.113. The summed E-state index contributed by atoms with van der Waals surface area (Å²) < 4.78 is 0. The highest BCUT2D eigenvalue weighted by Crippen LogP contribution is 2.26. The summed E-state index contributed by atoms with van der Waals surface area (Å²) in [6.45, 7) is 0.259. The van der Waals surface area contributed by atoms with Crippen LogP contribution >= 0.6 is 11.8 Å². The quantitative estimate of drug-likeness (QED) is 0.0979. The summed E-state index contributed by atoms with van der Waals surface area (Å²) in [5, 5.41) is 5.68. The van der Waals surface area contributed by atoms with E-state index in [9.17, 15) is 19.2 Å². The zero-order chi connectivity index (χ0) is 31.9. The fourth-order valence-corrected chi connectivity index (χ4v) is 5.97. The van der Waals surface area contributed by atoms with Crippen LogP contribution in [0.1, 0.15) is 36.6 Å². The normalized spacial score (nSPS) is 12.5. The van der Waals surface area contributed by atoms with Gasteiger partial charge in [0, 0.05) is 28.4 Å². The van der Waals surface area contributed by atoms with Crippen molar-refractivity contribution in [1.29, 1.82) is 0 Å². The number of carbonyl (C=O) groups is 4. The average Bonchev–Trinajstić information content (AvgIpc) is 3.34. The molecule has 0 radical (unpaired) electrons. The fourth-order valence-electron chi connectivity index (χ4n) is 5.07. The van der Waals surface area contributed by atoms with Gasteiger partial charge in [0.05, 0.1) is 11.1 Å². The molecule has 6 rings (SSSR count). The van der Waals surface area contributed by atoms with Crippen molar-refractivity contribution in [3.05, 3.63) is 161 Å². The third kappa shape index (κ3) is 6.98. The molecule has 0 atom stereocenters. The molecule has 0 saturated heterocycles. The first kappa shape index (κ1) is 30.3. The highest BCUT2D eigenvalue weighted by atomic mass is 32.2. The lowest BCUT2D eigenvalue weighted by Crippen LogP contribution is -2.31. The number of rotatable bonds is 10. The van der Waals surface area contributed by atoms with Crippen molar-refractivity contribution in [2.75, 3.05) is 17.6 Å². The first-order valence-electron chi connectivity index (χ1n) is 14.7. The number of amides is 4. The van der Waals surface area contributed by atoms with Crippen molar-refractivity contribution in [3.63, 3.8) is 0 Å². The van der Waals surface area contributed by atoms with Crippen LogP contribution in [0, 0.1) is 0 Å². The smallest absolute Gasteiger partial charge is 0.272 e. The molecule has 0 aliphatic carbocycles. The minimum absolute atomic E-state index is 0.0880. The van der Waals surface area contributed by atoms with E-state index in [4.69, 9.17) is 0 Å². The maximum absolute atomic E-state index is 13.6. The van der Waals surface area contributed by atoms with Crippen LogP contribution in [0.3, 0.4) is 0 Å². The minimum Gasteiger partial charge on any atom is -0.321 e. The number of fused-ring (bicyclic) bond motifs is 1. The first-order chi connectivity index (χ1) is 22.5. The van der Waals surface area contributed by atoms with Crippen molar-refractivity contribution in [3.8, 4) is 11.1 Å². The number of thioether (sulfide) groups is 1. The second-order valence-electron chi connectivity index (χ2n) is 10.5. The van der Waals surface area contributed by atoms with Crippen LogP contribution in [0.4, 0.5) is 5.69 Å². The molecule has 5 aromatic carbocycles. The lowest BCUT2D eigenvalue weighted by Gasteiger charge is -2.14. The summed E-state index contributed by atoms with van der Waals surface area (Å²) in [5.74, 6) is -0.965. The Kier molecular flexibility index (Phi) is 9.17. The van der Waals surface area contributed by atoms with Gasteiger partial charge in [-0.15, -0.1) is 11.8 Å². The summed E-state index contributed by atoms with van der Waals surface area (Å²) in [4.78, 5) is 54.1. The standard InChI is InChI=1S/C38H29N3O4S/c42-35(29-12-5-2-6-13-29)40-34(24-26-18-20-28(21-19-26)27-10-3-1-4-11-27)36(43)39-30-14-9-15-31(25-30)46-23-22-41-37(44)32-16-7-8-17-33(32)38(41)45/h1-21,24-25H,22-23H2,(H,39,43)(H,40,42)/b34-24+. The number of carbonyl (C=O) groups excluding carboxylic acids is 4. The Morgan fingerprint density at radius 3 is 1.96 bits per heavy atom. The Balaban J connectivity index is 1.15. The number of nitrogens with zero attached hydrogens (tertiary/aromatic N) is 1. The lowest BCUT2D eigenvalue weighted by atomic mass is 10.0. The fraction of sp³-hybridized carbons (Fsp3) is 0.0526. The predicted octanol–water partition coefficient (Wildman–Crippen LogP) is 7.15. The zero-order valence-electron chi connectivity index (χ0n) is 24.7. The molecular formula is C38H29N3O4S. The third-order valence-corrected chi connectivity index (χ3v) is 8.39. The van der Waals surface area contributed by atoms with Gasteiger partial charge in [-0.3, -0.25) is 24.1 Å². The molecule has 7 nitrogen and oxygen atoms in total. The molecule has 2 N–H and O–H groups in total. The summed E-state index contributed by atoms with van der Waals surface area (Å²) in [6, 6.07) is 40.5. The molecule has 0 bridgehead atoms. The van der Waals surface area contributed by atoms with Crippen molar-refractivity contribution in [2.45, 2.75) is 4.90 Å². The summed E-state index contributed by atoms with van der Waals surface area (Å²) in [6.07, 6.45) is 1.64. The van der Waals surface area contributed by atoms with Gasteiger partial charge in [0.25, 0.3) is 23.6 Å². The minimum atomic E-state index is -0.482. The molecule has 4 amide bonds. The van der Waals surface area contributed by atoms with E-state index in [2.05, 4.69) is 10.6 Å². The van der Waals surface area contributed by atoms with Crippen LogP contribution in [0.5, 0.6) is 0 Å². The number of imide groups is 1. The van der Waals surface area contributed by atoms with Crippen molar-refractivity contribution < 1.29 is 19.2 Å². The van der Waals surface area contributed by atoms with Crippen LogP contribution in [0.15, 0.2) is 144 Å². The van der Waals surface area contributed by atoms with Crippen molar-refractivity contribution in [1.82, 2.24) is 10.2 Å². The molecule has 0 spiro atoms. The van der Waals surface area contributed by atoms with Gasteiger partial charge in [-0.25, -0.2) is 0 Å². The van der Waals surface area contributed by atoms with Gasteiger partial charge in [0.2, 0.25) is 0 Å². The molecule has 8 heteroatoms. The molecule has 1 aliphatic heterocycles. The van der Waals surface area contributed by atoms with Crippen LogP contribution in [0.2, 0.25) is 0 Å². The molecule has 0 unspecified atom stereocenters. The SMILES string of the molecule is O=C(Nc1cccc(SCCN2C(=O)c3ccccc3C2=O)c1)/C(=C\c1ccc(-c2ccccc2)cc1)NC(=O)c1ccccc1. The van der Waals surface area contributed by atoms with Crippen LogP contribution in [-0.2, 0) is 4.79 Å². The van der Waals surface area contributed by atoms with Gasteiger partial charge < -0.3 is 10.6 Å². The second-order valence-corrected chi connectivity index (χ2v) is 11.7. The van der Waals surface area contributed by atoms with Gasteiger partial charge >= 0.3 is 0 Å². The van der Waals surface area contributed by atoms with Crippen molar-refractivity contribution >= 4 is 47.2 Å². The van der Waals surface area contributed by atoms with E-state index in [0.29, 0.717) is 28.1 Å². The van der Waals surface area contributed by atoms with E-state index in [1.54, 1.807) is 60.7 Å². The number of hydrogen-bond donors (Lipinski definition) is 2. The van der Waals surface area contributed by atoms with E-state index in [0.717, 1.165) is 21.6 Å². The largest absolute Gasteiger partial charge is 0.321 e. The van der Waals surface area contributed by atoms with Crippen LogP contribution < -0.4 is 10.6 Å². The van der Waals surface area contributed by atoms with Gasteiger partial charge in [0.1, 0.15) is 5.70 Å². The Bertz CT molecular complexity index is 1910. The van der Waals surface area contributed by atoms with Gasteiger partial charge in [0.15, 0.2) is 0 Å². The summed E-state index contributed by atoms with van der Waals surface area (Å²) in [7, 11) is 0. The van der Waals surface area contributed by atoms with Crippen LogP contribution in [0.25, 0.3) is 17.2 Å². The predicted molar refractivity (Wildman–Crippen MR) is 181 cm³/mol. The van der Waals surface area contributed by atoms with Crippen LogP contribution in [-0.4, -0.2) is 40.8 Å². The van der Waals surface area contributed by atoms with Gasteiger partial charge in [-0.05, 0) is 65.2 Å². The van der Waals surface area contributed by atoms with E-state index in [1.165, 1.54) is 16.7 Å². The van der Waals surface area contributed by atoms with E-state index < -0.39 is 11.8 Å². The maximum atomic E-state index is 13.6. The molecule has 1 aliphatic rings. The highest BCUT2D eigenvalue weighted by Gasteiger charge is 2.34. The molecule has 226 valence electrons. The molecule has 1 heterocycles.